The molecule has 0 bridgehead atoms. The van der Waals surface area contributed by atoms with Crippen LogP contribution in [-0.2, 0) is 17.6 Å². The first-order chi connectivity index (χ1) is 12.6. The Morgan fingerprint density at radius 3 is 2.81 bits per heavy atom. The second-order valence-corrected chi connectivity index (χ2v) is 6.75. The van der Waals surface area contributed by atoms with Gasteiger partial charge in [-0.3, -0.25) is 9.78 Å². The first-order valence-electron chi connectivity index (χ1n) is 8.13. The Kier molecular flexibility index (Phi) is 6.01. The lowest BCUT2D eigenvalue weighted by molar-refractivity contribution is -0.119. The maximum absolute atomic E-state index is 13.6. The Morgan fingerprint density at radius 1 is 1.23 bits per heavy atom. The molecule has 0 aliphatic rings. The maximum Gasteiger partial charge on any atom is 0.230 e. The number of nitrogens with one attached hydrogen (secondary N) is 1. The van der Waals surface area contributed by atoms with Crippen molar-refractivity contribution in [2.75, 3.05) is 5.75 Å². The molecule has 3 rings (SSSR count). The molecule has 2 aromatic heterocycles. The summed E-state index contributed by atoms with van der Waals surface area (Å²) in [6.07, 6.45) is 5.18. The largest absolute Gasteiger partial charge is 0.341 e. The van der Waals surface area contributed by atoms with E-state index in [1.54, 1.807) is 30.7 Å². The Morgan fingerprint density at radius 2 is 2.12 bits per heavy atom. The third kappa shape index (κ3) is 4.70. The summed E-state index contributed by atoms with van der Waals surface area (Å²) < 4.78 is 15.5. The second-order valence-electron chi connectivity index (χ2n) is 5.77. The number of carbonyl (C=O) groups is 1. The summed E-state index contributed by atoms with van der Waals surface area (Å²) in [5.41, 5.74) is 1.58. The molecule has 0 spiro atoms. The number of nitrogens with zero attached hydrogens (tertiary/aromatic N) is 3. The highest BCUT2D eigenvalue weighted by atomic mass is 32.2. The third-order valence-corrected chi connectivity index (χ3v) is 4.78. The van der Waals surface area contributed by atoms with Gasteiger partial charge in [-0.25, -0.2) is 9.37 Å². The van der Waals surface area contributed by atoms with Crippen LogP contribution in [0.3, 0.4) is 0 Å². The van der Waals surface area contributed by atoms with Crippen LogP contribution in [-0.4, -0.2) is 26.2 Å². The van der Waals surface area contributed by atoms with Crippen molar-refractivity contribution in [1.82, 2.24) is 19.9 Å². The third-order valence-electron chi connectivity index (χ3n) is 3.81. The number of aromatic nitrogens is 3. The number of rotatable bonds is 7. The summed E-state index contributed by atoms with van der Waals surface area (Å²) in [6.45, 7) is 0. The molecule has 0 radical (unpaired) electrons. The molecule has 1 amide bonds. The van der Waals surface area contributed by atoms with Crippen LogP contribution in [0.2, 0.25) is 0 Å². The molecule has 2 heterocycles. The zero-order chi connectivity index (χ0) is 18.4. The number of carbonyl (C=O) groups excluding carboxylic acids is 1. The van der Waals surface area contributed by atoms with Gasteiger partial charge < -0.3 is 9.88 Å². The molecule has 1 atom stereocenters. The molecule has 1 aromatic carbocycles. The monoisotopic (exact) mass is 370 g/mol. The van der Waals surface area contributed by atoms with Crippen LogP contribution in [0.25, 0.3) is 0 Å². The lowest BCUT2D eigenvalue weighted by Gasteiger charge is -2.19. The fourth-order valence-corrected chi connectivity index (χ4v) is 3.32. The molecule has 0 saturated heterocycles. The Labute approximate surface area is 155 Å². The van der Waals surface area contributed by atoms with Gasteiger partial charge >= 0.3 is 0 Å². The van der Waals surface area contributed by atoms with E-state index in [0.717, 1.165) is 5.69 Å². The van der Waals surface area contributed by atoms with Crippen molar-refractivity contribution in [1.29, 1.82) is 0 Å². The van der Waals surface area contributed by atoms with E-state index in [1.165, 1.54) is 23.9 Å². The van der Waals surface area contributed by atoms with Crippen molar-refractivity contribution >= 4 is 17.7 Å². The van der Waals surface area contributed by atoms with Crippen LogP contribution in [0.1, 0.15) is 23.1 Å². The van der Waals surface area contributed by atoms with E-state index >= 15 is 0 Å². The zero-order valence-corrected chi connectivity index (χ0v) is 15.1. The quantitative estimate of drug-likeness (QED) is 0.694. The van der Waals surface area contributed by atoms with Gasteiger partial charge in [0, 0.05) is 31.4 Å². The normalized spacial score (nSPS) is 11.9. The number of aryl methyl sites for hydroxylation is 1. The van der Waals surface area contributed by atoms with Gasteiger partial charge in [-0.05, 0) is 29.8 Å². The van der Waals surface area contributed by atoms with E-state index in [-0.39, 0.29) is 17.5 Å². The van der Waals surface area contributed by atoms with Gasteiger partial charge in [-0.2, -0.15) is 0 Å². The molecule has 26 heavy (non-hydrogen) atoms. The fraction of sp³-hybridized carbons (Fsp3) is 0.211. The zero-order valence-electron chi connectivity index (χ0n) is 14.3. The number of amides is 1. The molecule has 7 heteroatoms. The molecule has 0 saturated carbocycles. The van der Waals surface area contributed by atoms with Crippen molar-refractivity contribution in [3.8, 4) is 0 Å². The number of thioether (sulfide) groups is 1. The van der Waals surface area contributed by atoms with E-state index in [4.69, 9.17) is 0 Å². The smallest absolute Gasteiger partial charge is 0.230 e. The minimum atomic E-state index is -0.506. The highest BCUT2D eigenvalue weighted by Crippen LogP contribution is 2.21. The van der Waals surface area contributed by atoms with Crippen LogP contribution >= 0.6 is 11.8 Å². The molecular weight excluding hydrogens is 351 g/mol. The standard InChI is InChI=1S/C19H19FN4OS/c1-24-10-9-22-19(24)18(14-5-4-6-15(20)11-14)23-17(25)13-26-12-16-7-2-3-8-21-16/h2-11,18H,12-13H2,1H3,(H,23,25). The van der Waals surface area contributed by atoms with Gasteiger partial charge in [-0.15, -0.1) is 11.8 Å². The van der Waals surface area contributed by atoms with Gasteiger partial charge in [0.05, 0.1) is 11.4 Å². The Balaban J connectivity index is 1.67. The number of hydrogen-bond donors (Lipinski definition) is 1. The Bertz CT molecular complexity index is 869. The topological polar surface area (TPSA) is 59.8 Å². The molecule has 5 nitrogen and oxygen atoms in total. The van der Waals surface area contributed by atoms with Crippen LogP contribution in [0.4, 0.5) is 4.39 Å². The molecule has 0 aliphatic heterocycles. The van der Waals surface area contributed by atoms with E-state index < -0.39 is 6.04 Å². The van der Waals surface area contributed by atoms with Gasteiger partial charge in [0.1, 0.15) is 17.7 Å². The van der Waals surface area contributed by atoms with E-state index in [0.29, 0.717) is 17.1 Å². The van der Waals surface area contributed by atoms with Gasteiger partial charge in [0.25, 0.3) is 0 Å². The number of halogens is 1. The van der Waals surface area contributed by atoms with Crippen molar-refractivity contribution in [2.45, 2.75) is 11.8 Å². The molecule has 0 fully saturated rings. The maximum atomic E-state index is 13.6. The first-order valence-corrected chi connectivity index (χ1v) is 9.28. The summed E-state index contributed by atoms with van der Waals surface area (Å²) in [6, 6.07) is 11.4. The van der Waals surface area contributed by atoms with Crippen LogP contribution in [0.15, 0.2) is 61.1 Å². The van der Waals surface area contributed by atoms with Gasteiger partial charge in [0.15, 0.2) is 0 Å². The summed E-state index contributed by atoms with van der Waals surface area (Å²) in [7, 11) is 1.84. The van der Waals surface area contributed by atoms with E-state index in [9.17, 15) is 9.18 Å². The summed E-state index contributed by atoms with van der Waals surface area (Å²) in [5, 5.41) is 2.96. The minimum absolute atomic E-state index is 0.136. The number of imidazole rings is 1. The summed E-state index contributed by atoms with van der Waals surface area (Å²) in [5.74, 6) is 1.11. The number of pyridine rings is 1. The molecule has 0 aliphatic carbocycles. The van der Waals surface area contributed by atoms with E-state index in [2.05, 4.69) is 15.3 Å². The summed E-state index contributed by atoms with van der Waals surface area (Å²) in [4.78, 5) is 21.0. The minimum Gasteiger partial charge on any atom is -0.341 e. The molecule has 3 aromatic rings. The van der Waals surface area contributed by atoms with Crippen molar-refractivity contribution in [3.63, 3.8) is 0 Å². The Hall–Kier alpha value is -2.67. The van der Waals surface area contributed by atoms with Gasteiger partial charge in [0.2, 0.25) is 5.91 Å². The highest BCUT2D eigenvalue weighted by molar-refractivity contribution is 7.99. The van der Waals surface area contributed by atoms with Crippen LogP contribution < -0.4 is 5.32 Å². The number of benzene rings is 1. The SMILES string of the molecule is Cn1ccnc1C(NC(=O)CSCc1ccccn1)c1cccc(F)c1. The first kappa shape index (κ1) is 18.1. The van der Waals surface area contributed by atoms with Gasteiger partial charge in [-0.1, -0.05) is 18.2 Å². The average molecular weight is 370 g/mol. The van der Waals surface area contributed by atoms with Crippen molar-refractivity contribution in [3.05, 3.63) is 84.0 Å². The van der Waals surface area contributed by atoms with Crippen molar-refractivity contribution in [2.24, 2.45) is 7.05 Å². The fourth-order valence-electron chi connectivity index (χ4n) is 2.57. The van der Waals surface area contributed by atoms with Crippen LogP contribution in [0, 0.1) is 5.82 Å². The second kappa shape index (κ2) is 8.62. The molecule has 1 N–H and O–H groups in total. The lowest BCUT2D eigenvalue weighted by atomic mass is 10.1. The van der Waals surface area contributed by atoms with Crippen molar-refractivity contribution < 1.29 is 9.18 Å². The molecular formula is C19H19FN4OS. The number of hydrogen-bond acceptors (Lipinski definition) is 4. The molecule has 1 unspecified atom stereocenters. The van der Waals surface area contributed by atoms with E-state index in [1.807, 2.05) is 29.8 Å². The summed E-state index contributed by atoms with van der Waals surface area (Å²) >= 11 is 1.48. The predicted octanol–water partition coefficient (Wildman–Crippen LogP) is 3.09. The highest BCUT2D eigenvalue weighted by Gasteiger charge is 2.21. The van der Waals surface area contributed by atoms with Crippen LogP contribution in [0.5, 0.6) is 0 Å². The average Bonchev–Trinajstić information content (AvgIpc) is 3.06. The molecule has 134 valence electrons. The predicted molar refractivity (Wildman–Crippen MR) is 100.0 cm³/mol. The lowest BCUT2D eigenvalue weighted by Crippen LogP contribution is -2.32.